The monoisotopic (exact) mass is 346 g/mol. The number of hydrogen-bond donors (Lipinski definition) is 2. The molecule has 1 fully saturated rings. The quantitative estimate of drug-likeness (QED) is 0.808. The molecule has 4 nitrogen and oxygen atoms in total. The van der Waals surface area contributed by atoms with Crippen LogP contribution in [0.4, 0.5) is 13.2 Å². The van der Waals surface area contributed by atoms with Crippen molar-refractivity contribution in [1.82, 2.24) is 5.32 Å². The van der Waals surface area contributed by atoms with Gasteiger partial charge in [-0.1, -0.05) is 12.1 Å². The van der Waals surface area contributed by atoms with Crippen molar-refractivity contribution in [3.63, 3.8) is 0 Å². The number of piperidine rings is 1. The zero-order valence-corrected chi connectivity index (χ0v) is 14.2. The number of ether oxygens (including phenoxy) is 1. The Morgan fingerprint density at radius 3 is 2.17 bits per heavy atom. The lowest BCUT2D eigenvalue weighted by Crippen LogP contribution is -2.44. The summed E-state index contributed by atoms with van der Waals surface area (Å²) in [5.74, 6) is 0.151. The molecule has 2 unspecified atom stereocenters. The maximum absolute atomic E-state index is 12.4. The summed E-state index contributed by atoms with van der Waals surface area (Å²) in [6.07, 6.45) is -3.40. The lowest BCUT2D eigenvalue weighted by molar-refractivity contribution is -0.139. The summed E-state index contributed by atoms with van der Waals surface area (Å²) in [6, 6.07) is 5.31. The fourth-order valence-corrected chi connectivity index (χ4v) is 2.36. The van der Waals surface area contributed by atoms with Gasteiger partial charge in [0.25, 0.3) is 6.47 Å². The first-order chi connectivity index (χ1) is 11.0. The Balaban J connectivity index is 0.000000351. The van der Waals surface area contributed by atoms with E-state index in [-0.39, 0.29) is 17.6 Å². The summed E-state index contributed by atoms with van der Waals surface area (Å²) in [6.45, 7) is 7.50. The lowest BCUT2D eigenvalue weighted by Gasteiger charge is -2.29. The van der Waals surface area contributed by atoms with Crippen LogP contribution in [-0.2, 0) is 15.7 Å². The number of rotatable bonds is 2. The van der Waals surface area contributed by atoms with Crippen molar-refractivity contribution in [2.75, 3.05) is 13.1 Å². The van der Waals surface area contributed by atoms with Crippen LogP contribution in [0.5, 0.6) is 0 Å². The Labute approximate surface area is 140 Å². The van der Waals surface area contributed by atoms with E-state index in [0.717, 1.165) is 30.7 Å². The summed E-state index contributed by atoms with van der Waals surface area (Å²) in [4.78, 5) is 9.60. The first kappa shape index (κ1) is 20.4. The first-order valence-electron chi connectivity index (χ1n) is 7.79. The first-order valence-corrected chi connectivity index (χ1v) is 7.79. The number of hydrogen-bond acceptors (Lipinski definition) is 4. The molecule has 1 aromatic rings. The minimum absolute atomic E-state index is 0.0273. The molecule has 0 aliphatic carbocycles. The molecule has 1 heterocycles. The minimum atomic E-state index is -4.27. The van der Waals surface area contributed by atoms with Gasteiger partial charge in [0.15, 0.2) is 0 Å². The predicted octanol–water partition coefficient (Wildman–Crippen LogP) is 3.07. The second kappa shape index (κ2) is 8.48. The van der Waals surface area contributed by atoms with Crippen molar-refractivity contribution in [3.8, 4) is 0 Å². The standard InChI is InChI=1S/C12H15F3N2.C5H10O2/c13-12(14,15)9-3-1-8(2-4-9)10-5-6-17-7-11(10)16;1-5(2,3)7-4-6/h1-4,10-11,17H,5-7,16H2;4H,1-3H3. The number of nitrogens with two attached hydrogens (primary N) is 1. The molecule has 0 spiro atoms. The second-order valence-corrected chi connectivity index (χ2v) is 6.71. The second-order valence-electron chi connectivity index (χ2n) is 6.71. The highest BCUT2D eigenvalue weighted by Gasteiger charge is 2.31. The van der Waals surface area contributed by atoms with Crippen LogP contribution in [0.1, 0.15) is 44.2 Å². The number of nitrogens with one attached hydrogen (secondary N) is 1. The van der Waals surface area contributed by atoms with E-state index in [9.17, 15) is 18.0 Å². The van der Waals surface area contributed by atoms with Gasteiger partial charge in [0, 0.05) is 18.5 Å². The smallest absolute Gasteiger partial charge is 0.416 e. The van der Waals surface area contributed by atoms with Crippen LogP contribution in [0.2, 0.25) is 0 Å². The number of carbonyl (C=O) groups excluding carboxylic acids is 1. The SMILES string of the molecule is CC(C)(C)OC=O.NC1CNCCC1c1ccc(C(F)(F)F)cc1. The molecule has 0 saturated carbocycles. The topological polar surface area (TPSA) is 64.3 Å². The number of halogens is 3. The average molecular weight is 346 g/mol. The molecule has 0 aromatic heterocycles. The van der Waals surface area contributed by atoms with Crippen LogP contribution in [0.25, 0.3) is 0 Å². The Morgan fingerprint density at radius 2 is 1.79 bits per heavy atom. The fourth-order valence-electron chi connectivity index (χ4n) is 2.36. The molecular weight excluding hydrogens is 321 g/mol. The van der Waals surface area contributed by atoms with Crippen LogP contribution in [-0.4, -0.2) is 31.2 Å². The number of alkyl halides is 3. The zero-order valence-electron chi connectivity index (χ0n) is 14.2. The van der Waals surface area contributed by atoms with Crippen molar-refractivity contribution in [3.05, 3.63) is 35.4 Å². The van der Waals surface area contributed by atoms with Crippen molar-refractivity contribution in [2.24, 2.45) is 5.73 Å². The van der Waals surface area contributed by atoms with Gasteiger partial charge >= 0.3 is 6.18 Å². The van der Waals surface area contributed by atoms with Crippen molar-refractivity contribution < 1.29 is 22.7 Å². The predicted molar refractivity (Wildman–Crippen MR) is 86.5 cm³/mol. The molecule has 24 heavy (non-hydrogen) atoms. The van der Waals surface area contributed by atoms with Gasteiger partial charge < -0.3 is 15.8 Å². The third-order valence-corrected chi connectivity index (χ3v) is 3.60. The van der Waals surface area contributed by atoms with Crippen LogP contribution in [0.15, 0.2) is 24.3 Å². The molecule has 2 rings (SSSR count). The van der Waals surface area contributed by atoms with Gasteiger partial charge in [-0.2, -0.15) is 13.2 Å². The van der Waals surface area contributed by atoms with E-state index < -0.39 is 11.7 Å². The molecule has 0 radical (unpaired) electrons. The Bertz CT molecular complexity index is 510. The number of carbonyl (C=O) groups is 1. The molecule has 0 amide bonds. The summed E-state index contributed by atoms with van der Waals surface area (Å²) < 4.78 is 41.8. The largest absolute Gasteiger partial charge is 0.462 e. The highest BCUT2D eigenvalue weighted by Crippen LogP contribution is 2.31. The Morgan fingerprint density at radius 1 is 1.21 bits per heavy atom. The summed E-state index contributed by atoms with van der Waals surface area (Å²) >= 11 is 0. The van der Waals surface area contributed by atoms with E-state index in [4.69, 9.17) is 5.73 Å². The molecule has 0 bridgehead atoms. The van der Waals surface area contributed by atoms with Crippen molar-refractivity contribution in [1.29, 1.82) is 0 Å². The van der Waals surface area contributed by atoms with E-state index >= 15 is 0 Å². The molecule has 1 aliphatic heterocycles. The van der Waals surface area contributed by atoms with Crippen LogP contribution in [0.3, 0.4) is 0 Å². The van der Waals surface area contributed by atoms with Gasteiger partial charge in [0.05, 0.1) is 5.56 Å². The van der Waals surface area contributed by atoms with Gasteiger partial charge in [-0.15, -0.1) is 0 Å². The molecule has 7 heteroatoms. The summed E-state index contributed by atoms with van der Waals surface area (Å²) in [5, 5.41) is 3.16. The number of benzene rings is 1. The maximum atomic E-state index is 12.4. The van der Waals surface area contributed by atoms with Crippen molar-refractivity contribution in [2.45, 2.75) is 50.9 Å². The van der Waals surface area contributed by atoms with E-state index in [1.807, 2.05) is 20.8 Å². The van der Waals surface area contributed by atoms with Gasteiger partial charge in [-0.05, 0) is 51.4 Å². The summed E-state index contributed by atoms with van der Waals surface area (Å²) in [5.41, 5.74) is 5.92. The lowest BCUT2D eigenvalue weighted by atomic mass is 9.86. The van der Waals surface area contributed by atoms with Gasteiger partial charge in [0.2, 0.25) is 0 Å². The molecule has 1 aliphatic rings. The highest BCUT2D eigenvalue weighted by atomic mass is 19.4. The van der Waals surface area contributed by atoms with E-state index in [2.05, 4.69) is 10.1 Å². The Hall–Kier alpha value is -1.60. The fraction of sp³-hybridized carbons (Fsp3) is 0.588. The average Bonchev–Trinajstić information content (AvgIpc) is 2.46. The maximum Gasteiger partial charge on any atom is 0.416 e. The minimum Gasteiger partial charge on any atom is -0.462 e. The molecule has 3 N–H and O–H groups in total. The van der Waals surface area contributed by atoms with E-state index in [0.29, 0.717) is 13.0 Å². The van der Waals surface area contributed by atoms with Crippen LogP contribution < -0.4 is 11.1 Å². The molecule has 1 saturated heterocycles. The van der Waals surface area contributed by atoms with E-state index in [1.54, 1.807) is 12.1 Å². The molecule has 2 atom stereocenters. The van der Waals surface area contributed by atoms with Crippen molar-refractivity contribution >= 4 is 6.47 Å². The van der Waals surface area contributed by atoms with Crippen LogP contribution in [0, 0.1) is 0 Å². The van der Waals surface area contributed by atoms with Gasteiger partial charge in [-0.25, -0.2) is 0 Å². The van der Waals surface area contributed by atoms with Gasteiger partial charge in [-0.3, -0.25) is 4.79 Å². The zero-order chi connectivity index (χ0) is 18.4. The molecular formula is C17H25F3N2O2. The van der Waals surface area contributed by atoms with Crippen LogP contribution >= 0.6 is 0 Å². The highest BCUT2D eigenvalue weighted by molar-refractivity contribution is 5.37. The summed E-state index contributed by atoms with van der Waals surface area (Å²) in [7, 11) is 0. The third-order valence-electron chi connectivity index (χ3n) is 3.60. The Kier molecular flexibility index (Phi) is 7.23. The van der Waals surface area contributed by atoms with E-state index in [1.165, 1.54) is 0 Å². The third kappa shape index (κ3) is 6.88. The molecule has 1 aromatic carbocycles. The molecule has 136 valence electrons. The normalized spacial score (nSPS) is 21.5. The van der Waals surface area contributed by atoms with Gasteiger partial charge in [0.1, 0.15) is 5.60 Å².